The van der Waals surface area contributed by atoms with Crippen molar-refractivity contribution in [3.63, 3.8) is 0 Å². The van der Waals surface area contributed by atoms with Crippen LogP contribution in [0.1, 0.15) is 60.5 Å². The number of carbonyl (C=O) groups is 3. The molecule has 3 amide bonds. The lowest BCUT2D eigenvalue weighted by Crippen LogP contribution is -2.62. The molecule has 0 radical (unpaired) electrons. The van der Waals surface area contributed by atoms with Crippen LogP contribution in [0.5, 0.6) is 5.75 Å². The molecular formula is C40H51N3O6. The lowest BCUT2D eigenvalue weighted by Gasteiger charge is -2.45. The van der Waals surface area contributed by atoms with Gasteiger partial charge in [0.15, 0.2) is 0 Å². The van der Waals surface area contributed by atoms with Crippen LogP contribution in [-0.4, -0.2) is 87.8 Å². The van der Waals surface area contributed by atoms with Gasteiger partial charge in [0.05, 0.1) is 36.7 Å². The molecule has 1 spiro atoms. The van der Waals surface area contributed by atoms with Crippen LogP contribution < -0.4 is 9.64 Å². The van der Waals surface area contributed by atoms with Crippen molar-refractivity contribution in [2.24, 2.45) is 17.3 Å². The fourth-order valence-corrected chi connectivity index (χ4v) is 9.05. The maximum atomic E-state index is 15.2. The van der Waals surface area contributed by atoms with E-state index in [1.54, 1.807) is 9.80 Å². The largest absolute Gasteiger partial charge is 0.494 e. The number of aliphatic hydroxyl groups is 1. The number of hydrogen-bond acceptors (Lipinski definition) is 6. The Balaban J connectivity index is 1.47. The van der Waals surface area contributed by atoms with Crippen molar-refractivity contribution in [3.8, 4) is 5.75 Å². The van der Waals surface area contributed by atoms with Crippen LogP contribution >= 0.6 is 0 Å². The SMILES string of the molecule is CCOc1ccc(N2CC=C[C@@]3(C)O[C@]45C=CCN(C(C)(C)CC(C)(C)C)C(=O)C4N([C@@H](CO)Cc4ccccc4)C(=O)[C@@H]5[C@H]3C2=O)cc1. The molecule has 0 saturated carbocycles. The first kappa shape index (κ1) is 34.9. The maximum Gasteiger partial charge on any atom is 0.249 e. The van der Waals surface area contributed by atoms with Gasteiger partial charge in [0.2, 0.25) is 17.7 Å². The highest BCUT2D eigenvalue weighted by atomic mass is 16.5. The van der Waals surface area contributed by atoms with Gasteiger partial charge in [-0.3, -0.25) is 14.4 Å². The van der Waals surface area contributed by atoms with Crippen LogP contribution in [0.25, 0.3) is 0 Å². The lowest BCUT2D eigenvalue weighted by atomic mass is 9.74. The number of nitrogens with zero attached hydrogens (tertiary/aromatic N) is 3. The van der Waals surface area contributed by atoms with Crippen molar-refractivity contribution >= 4 is 23.4 Å². The van der Waals surface area contributed by atoms with E-state index in [4.69, 9.17) is 9.47 Å². The van der Waals surface area contributed by atoms with Crippen LogP contribution in [0.15, 0.2) is 78.9 Å². The summed E-state index contributed by atoms with van der Waals surface area (Å²) < 4.78 is 12.7. The summed E-state index contributed by atoms with van der Waals surface area (Å²) in [5.41, 5.74) is -1.59. The smallest absolute Gasteiger partial charge is 0.249 e. The third-order valence-corrected chi connectivity index (χ3v) is 10.6. The van der Waals surface area contributed by atoms with E-state index in [9.17, 15) is 9.90 Å². The molecule has 49 heavy (non-hydrogen) atoms. The molecule has 1 unspecified atom stereocenters. The first-order valence-electron chi connectivity index (χ1n) is 17.5. The van der Waals surface area contributed by atoms with Gasteiger partial charge in [-0.1, -0.05) is 75.4 Å². The van der Waals surface area contributed by atoms with Crippen LogP contribution in [0, 0.1) is 17.3 Å². The molecule has 2 aromatic rings. The van der Waals surface area contributed by atoms with Crippen LogP contribution in [0.4, 0.5) is 5.69 Å². The molecule has 0 bridgehead atoms. The standard InChI is InChI=1S/C40H51N3O6/c1-8-48-30-18-16-28(17-19-30)41-22-12-20-39(7)31(34(41)45)32-35(46)43(29(25-44)24-27-14-10-9-11-15-27)33-36(47)42(23-13-21-40(32,33)49-39)38(5,6)26-37(2,3)4/h9-21,29,31-33,44H,8,22-26H2,1-7H3/t29-,31+,32+,33?,39-,40+/m1/s1. The van der Waals surface area contributed by atoms with Gasteiger partial charge in [0, 0.05) is 24.3 Å². The van der Waals surface area contributed by atoms with Crippen LogP contribution in [0.3, 0.4) is 0 Å². The Labute approximate surface area is 290 Å². The minimum atomic E-state index is -1.42. The van der Waals surface area contributed by atoms with E-state index in [1.807, 2.05) is 97.6 Å². The fraction of sp³-hybridized carbons (Fsp3) is 0.525. The third kappa shape index (κ3) is 6.09. The van der Waals surface area contributed by atoms with E-state index in [2.05, 4.69) is 34.6 Å². The van der Waals surface area contributed by atoms with Crippen molar-refractivity contribution in [2.45, 2.75) is 90.1 Å². The zero-order valence-corrected chi connectivity index (χ0v) is 29.9. The van der Waals surface area contributed by atoms with Crippen LogP contribution in [0.2, 0.25) is 0 Å². The summed E-state index contributed by atoms with van der Waals surface area (Å²) in [6.07, 6.45) is 8.69. The second-order valence-corrected chi connectivity index (χ2v) is 15.9. The number of aliphatic hydroxyl groups excluding tert-OH is 1. The maximum absolute atomic E-state index is 15.2. The van der Waals surface area contributed by atoms with Gasteiger partial charge in [-0.15, -0.1) is 0 Å². The van der Waals surface area contributed by atoms with E-state index in [0.29, 0.717) is 37.6 Å². The van der Waals surface area contributed by atoms with E-state index >= 15 is 9.59 Å². The molecule has 9 heteroatoms. The average Bonchev–Trinajstić information content (AvgIpc) is 3.30. The Hall–Kier alpha value is -3.95. The summed E-state index contributed by atoms with van der Waals surface area (Å²) in [6.45, 7) is 15.2. The Morgan fingerprint density at radius 2 is 1.57 bits per heavy atom. The molecule has 0 aromatic heterocycles. The fourth-order valence-electron chi connectivity index (χ4n) is 9.05. The normalized spacial score (nSPS) is 29.0. The lowest BCUT2D eigenvalue weighted by molar-refractivity contribution is -0.158. The Morgan fingerprint density at radius 3 is 2.20 bits per heavy atom. The van der Waals surface area contributed by atoms with Gasteiger partial charge in [0.1, 0.15) is 17.4 Å². The predicted octanol–water partition coefficient (Wildman–Crippen LogP) is 5.18. The Morgan fingerprint density at radius 1 is 0.898 bits per heavy atom. The van der Waals surface area contributed by atoms with Crippen LogP contribution in [-0.2, 0) is 25.5 Å². The summed E-state index contributed by atoms with van der Waals surface area (Å²) in [6, 6.07) is 15.2. The number of fused-ring (bicyclic) bond motifs is 2. The molecule has 6 rings (SSSR count). The number of carbonyl (C=O) groups excluding carboxylic acids is 3. The number of amides is 3. The molecule has 9 nitrogen and oxygen atoms in total. The van der Waals surface area contributed by atoms with Gasteiger partial charge in [0.25, 0.3) is 0 Å². The molecular weight excluding hydrogens is 618 g/mol. The van der Waals surface area contributed by atoms with Gasteiger partial charge in [-0.25, -0.2) is 0 Å². The highest BCUT2D eigenvalue weighted by Crippen LogP contribution is 2.58. The minimum Gasteiger partial charge on any atom is -0.494 e. The number of anilines is 1. The number of ether oxygens (including phenoxy) is 2. The van der Waals surface area contributed by atoms with Crippen molar-refractivity contribution in [1.82, 2.24) is 9.80 Å². The van der Waals surface area contributed by atoms with E-state index in [1.165, 1.54) is 0 Å². The molecule has 4 heterocycles. The number of hydrogen-bond donors (Lipinski definition) is 1. The van der Waals surface area contributed by atoms with Crippen molar-refractivity contribution in [3.05, 3.63) is 84.5 Å². The molecule has 262 valence electrons. The van der Waals surface area contributed by atoms with Gasteiger partial charge in [-0.05, 0) is 75.8 Å². The Bertz CT molecular complexity index is 1630. The molecule has 2 aromatic carbocycles. The molecule has 1 N–H and O–H groups in total. The quantitative estimate of drug-likeness (QED) is 0.370. The monoisotopic (exact) mass is 669 g/mol. The molecule has 0 aliphatic carbocycles. The highest BCUT2D eigenvalue weighted by molar-refractivity contribution is 6.04. The van der Waals surface area contributed by atoms with Crippen molar-refractivity contribution in [1.29, 1.82) is 0 Å². The van der Waals surface area contributed by atoms with E-state index in [-0.39, 0.29) is 29.7 Å². The summed E-state index contributed by atoms with van der Waals surface area (Å²) in [4.78, 5) is 50.2. The summed E-state index contributed by atoms with van der Waals surface area (Å²) in [7, 11) is 0. The molecule has 4 aliphatic rings. The number of benzene rings is 2. The van der Waals surface area contributed by atoms with Crippen molar-refractivity contribution < 1.29 is 29.0 Å². The van der Waals surface area contributed by atoms with E-state index < -0.39 is 40.7 Å². The number of likely N-dealkylation sites (tertiary alicyclic amines) is 1. The topological polar surface area (TPSA) is 99.6 Å². The molecule has 6 atom stereocenters. The number of rotatable bonds is 9. The zero-order valence-electron chi connectivity index (χ0n) is 29.9. The van der Waals surface area contributed by atoms with E-state index in [0.717, 1.165) is 12.0 Å². The summed E-state index contributed by atoms with van der Waals surface area (Å²) >= 11 is 0. The predicted molar refractivity (Wildman–Crippen MR) is 189 cm³/mol. The third-order valence-electron chi connectivity index (χ3n) is 10.6. The highest BCUT2D eigenvalue weighted by Gasteiger charge is 2.75. The molecule has 2 saturated heterocycles. The van der Waals surface area contributed by atoms with Gasteiger partial charge >= 0.3 is 0 Å². The van der Waals surface area contributed by atoms with Crippen molar-refractivity contribution in [2.75, 3.05) is 31.2 Å². The minimum absolute atomic E-state index is 0.0712. The molecule has 2 fully saturated rings. The second-order valence-electron chi connectivity index (χ2n) is 15.9. The van der Waals surface area contributed by atoms with Gasteiger partial charge in [-0.2, -0.15) is 0 Å². The average molecular weight is 670 g/mol. The molecule has 4 aliphatic heterocycles. The van der Waals surface area contributed by atoms with Gasteiger partial charge < -0.3 is 29.3 Å². The first-order chi connectivity index (χ1) is 23.2. The summed E-state index contributed by atoms with van der Waals surface area (Å²) in [5.74, 6) is -2.03. The zero-order chi connectivity index (χ0) is 35.4. The summed E-state index contributed by atoms with van der Waals surface area (Å²) in [5, 5.41) is 10.9. The first-order valence-corrected chi connectivity index (χ1v) is 17.5. The Kier molecular flexibility index (Phi) is 9.07. The second kappa shape index (κ2) is 12.7.